The van der Waals surface area contributed by atoms with E-state index in [1.807, 2.05) is 54.6 Å². The Kier molecular flexibility index (Phi) is 3.82. The van der Waals surface area contributed by atoms with Crippen molar-refractivity contribution in [2.45, 2.75) is 6.17 Å². The third-order valence-corrected chi connectivity index (χ3v) is 4.56. The van der Waals surface area contributed by atoms with Gasteiger partial charge in [-0.25, -0.2) is 5.01 Å². The number of nitriles is 1. The predicted octanol–water partition coefficient (Wildman–Crippen LogP) is 2.06. The van der Waals surface area contributed by atoms with Crippen molar-refractivity contribution in [2.75, 3.05) is 29.5 Å². The highest BCUT2D eigenvalue weighted by Gasteiger charge is 2.40. The van der Waals surface area contributed by atoms with Gasteiger partial charge in [0.2, 0.25) is 5.71 Å². The molecule has 2 aromatic rings. The predicted molar refractivity (Wildman–Crippen MR) is 96.1 cm³/mol. The molecular formula is C19H17N5O. The fourth-order valence-electron chi connectivity index (χ4n) is 3.32. The second-order valence-electron chi connectivity index (χ2n) is 6.00. The molecule has 25 heavy (non-hydrogen) atoms. The molecule has 2 aliphatic rings. The van der Waals surface area contributed by atoms with E-state index in [2.05, 4.69) is 22.1 Å². The van der Waals surface area contributed by atoms with E-state index < -0.39 is 0 Å². The number of benzene rings is 2. The molecule has 1 unspecified atom stereocenters. The maximum Gasteiger partial charge on any atom is 0.287 e. The molecule has 1 fully saturated rings. The number of para-hydroxylation sites is 2. The first-order valence-electron chi connectivity index (χ1n) is 8.22. The van der Waals surface area contributed by atoms with Gasteiger partial charge in [0.1, 0.15) is 12.2 Å². The highest BCUT2D eigenvalue weighted by molar-refractivity contribution is 6.45. The van der Waals surface area contributed by atoms with E-state index in [4.69, 9.17) is 0 Å². The molecule has 1 atom stereocenters. The van der Waals surface area contributed by atoms with Crippen LogP contribution >= 0.6 is 0 Å². The molecule has 0 N–H and O–H groups in total. The minimum atomic E-state index is -0.285. The lowest BCUT2D eigenvalue weighted by Crippen LogP contribution is -2.64. The summed E-state index contributed by atoms with van der Waals surface area (Å²) in [5.41, 5.74) is 1.93. The summed E-state index contributed by atoms with van der Waals surface area (Å²) in [7, 11) is 0. The Morgan fingerprint density at radius 2 is 1.60 bits per heavy atom. The van der Waals surface area contributed by atoms with Gasteiger partial charge in [0, 0.05) is 18.8 Å². The zero-order valence-electron chi connectivity index (χ0n) is 13.6. The average Bonchev–Trinajstić information content (AvgIpc) is 2.69. The summed E-state index contributed by atoms with van der Waals surface area (Å²) in [5, 5.41) is 15.4. The summed E-state index contributed by atoms with van der Waals surface area (Å²) in [4.78, 5) is 16.5. The standard InChI is InChI=1S/C19H17N5O/c20-13-17-19(25)23-12-11-22(15-7-3-1-4-8-15)14-18(23)24(21-17)16-9-5-2-6-10-16/h1-10,18H,11-12,14H2. The number of carbonyl (C=O) groups excluding carboxylic acids is 1. The van der Waals surface area contributed by atoms with Gasteiger partial charge in [-0.15, -0.1) is 0 Å². The van der Waals surface area contributed by atoms with Crippen molar-refractivity contribution in [1.82, 2.24) is 4.90 Å². The van der Waals surface area contributed by atoms with E-state index in [0.29, 0.717) is 13.1 Å². The van der Waals surface area contributed by atoms with Crippen molar-refractivity contribution in [2.24, 2.45) is 5.10 Å². The first-order chi connectivity index (χ1) is 12.3. The van der Waals surface area contributed by atoms with Crippen LogP contribution in [0.1, 0.15) is 0 Å². The second kappa shape index (κ2) is 6.29. The number of rotatable bonds is 2. The topological polar surface area (TPSA) is 62.9 Å². The molecule has 6 nitrogen and oxygen atoms in total. The average molecular weight is 331 g/mol. The summed E-state index contributed by atoms with van der Waals surface area (Å²) in [6.07, 6.45) is -0.235. The number of fused-ring (bicyclic) bond motifs is 1. The number of hydrogen-bond donors (Lipinski definition) is 0. The Hall–Kier alpha value is -3.33. The zero-order valence-corrected chi connectivity index (χ0v) is 13.6. The number of hydrogen-bond acceptors (Lipinski definition) is 5. The summed E-state index contributed by atoms with van der Waals surface area (Å²) in [6.45, 7) is 1.92. The maximum atomic E-state index is 12.5. The van der Waals surface area contributed by atoms with Crippen LogP contribution in [0.3, 0.4) is 0 Å². The Bertz CT molecular complexity index is 843. The first kappa shape index (κ1) is 15.2. The van der Waals surface area contributed by atoms with Crippen molar-refractivity contribution >= 4 is 23.0 Å². The number of anilines is 2. The lowest BCUT2D eigenvalue weighted by molar-refractivity contribution is -0.127. The molecule has 2 aliphatic heterocycles. The minimum Gasteiger partial charge on any atom is -0.366 e. The number of hydrazone groups is 1. The molecule has 1 amide bonds. The molecule has 0 aromatic heterocycles. The molecule has 2 aromatic carbocycles. The highest BCUT2D eigenvalue weighted by Crippen LogP contribution is 2.28. The van der Waals surface area contributed by atoms with Gasteiger partial charge in [-0.2, -0.15) is 10.4 Å². The summed E-state index contributed by atoms with van der Waals surface area (Å²) >= 11 is 0. The largest absolute Gasteiger partial charge is 0.366 e. The lowest BCUT2D eigenvalue weighted by atomic mass is 10.1. The number of carbonyl (C=O) groups is 1. The molecule has 0 spiro atoms. The van der Waals surface area contributed by atoms with Gasteiger partial charge in [0.05, 0.1) is 12.2 Å². The summed E-state index contributed by atoms with van der Waals surface area (Å²) < 4.78 is 0. The van der Waals surface area contributed by atoms with Crippen LogP contribution in [0.25, 0.3) is 0 Å². The van der Waals surface area contributed by atoms with E-state index in [1.54, 1.807) is 9.91 Å². The third-order valence-electron chi connectivity index (χ3n) is 4.56. The quantitative estimate of drug-likeness (QED) is 0.845. The molecule has 0 saturated carbocycles. The van der Waals surface area contributed by atoms with E-state index in [1.165, 1.54) is 0 Å². The van der Waals surface area contributed by atoms with Crippen molar-refractivity contribution < 1.29 is 4.79 Å². The first-order valence-corrected chi connectivity index (χ1v) is 8.22. The van der Waals surface area contributed by atoms with Crippen molar-refractivity contribution in [3.05, 3.63) is 60.7 Å². The number of nitrogens with zero attached hydrogens (tertiary/aromatic N) is 5. The molecule has 6 heteroatoms. The summed E-state index contributed by atoms with van der Waals surface area (Å²) in [6, 6.07) is 21.7. The van der Waals surface area contributed by atoms with E-state index in [9.17, 15) is 10.1 Å². The van der Waals surface area contributed by atoms with E-state index in [-0.39, 0.29) is 17.8 Å². The van der Waals surface area contributed by atoms with Gasteiger partial charge in [-0.1, -0.05) is 36.4 Å². The van der Waals surface area contributed by atoms with Crippen molar-refractivity contribution in [3.8, 4) is 6.07 Å². The van der Waals surface area contributed by atoms with Crippen LogP contribution in [0, 0.1) is 11.3 Å². The molecule has 4 rings (SSSR count). The minimum absolute atomic E-state index is 0.0618. The van der Waals surface area contributed by atoms with E-state index >= 15 is 0 Å². The smallest absolute Gasteiger partial charge is 0.287 e. The Morgan fingerprint density at radius 1 is 0.960 bits per heavy atom. The Labute approximate surface area is 146 Å². The second-order valence-corrected chi connectivity index (χ2v) is 6.00. The van der Waals surface area contributed by atoms with Crippen LogP contribution in [0.2, 0.25) is 0 Å². The van der Waals surface area contributed by atoms with Gasteiger partial charge in [-0.05, 0) is 24.3 Å². The summed E-state index contributed by atoms with van der Waals surface area (Å²) in [5.74, 6) is -0.285. The lowest BCUT2D eigenvalue weighted by Gasteiger charge is -2.47. The number of piperazine rings is 1. The van der Waals surface area contributed by atoms with Crippen molar-refractivity contribution in [1.29, 1.82) is 5.26 Å². The van der Waals surface area contributed by atoms with Crippen LogP contribution < -0.4 is 9.91 Å². The molecule has 0 bridgehead atoms. The molecular weight excluding hydrogens is 314 g/mol. The Morgan fingerprint density at radius 3 is 2.24 bits per heavy atom. The number of amides is 1. The normalized spacial score (nSPS) is 20.0. The van der Waals surface area contributed by atoms with Gasteiger partial charge in [0.25, 0.3) is 5.91 Å². The van der Waals surface area contributed by atoms with Crippen LogP contribution in [0.5, 0.6) is 0 Å². The zero-order chi connectivity index (χ0) is 17.2. The monoisotopic (exact) mass is 331 g/mol. The van der Waals surface area contributed by atoms with Crippen LogP contribution in [0.4, 0.5) is 11.4 Å². The fourth-order valence-corrected chi connectivity index (χ4v) is 3.32. The molecule has 0 radical (unpaired) electrons. The van der Waals surface area contributed by atoms with Gasteiger partial charge < -0.3 is 9.80 Å². The molecule has 124 valence electrons. The van der Waals surface area contributed by atoms with Gasteiger partial charge in [0.15, 0.2) is 0 Å². The highest BCUT2D eigenvalue weighted by atomic mass is 16.2. The van der Waals surface area contributed by atoms with Crippen LogP contribution in [-0.4, -0.2) is 42.3 Å². The van der Waals surface area contributed by atoms with Gasteiger partial charge in [-0.3, -0.25) is 4.79 Å². The maximum absolute atomic E-state index is 12.5. The molecule has 0 aliphatic carbocycles. The fraction of sp³-hybridized carbons (Fsp3) is 0.211. The molecule has 2 heterocycles. The van der Waals surface area contributed by atoms with Gasteiger partial charge >= 0.3 is 0 Å². The van der Waals surface area contributed by atoms with Crippen LogP contribution in [-0.2, 0) is 4.79 Å². The Balaban J connectivity index is 1.71. The third kappa shape index (κ3) is 2.70. The van der Waals surface area contributed by atoms with Crippen LogP contribution in [0.15, 0.2) is 65.8 Å². The van der Waals surface area contributed by atoms with Crippen molar-refractivity contribution in [3.63, 3.8) is 0 Å². The SMILES string of the molecule is N#CC1=NN(c2ccccc2)C2CN(c3ccccc3)CCN2C1=O. The van der Waals surface area contributed by atoms with E-state index in [0.717, 1.165) is 17.9 Å². The molecule has 1 saturated heterocycles.